The van der Waals surface area contributed by atoms with E-state index in [1.807, 2.05) is 0 Å². The second kappa shape index (κ2) is 6.53. The van der Waals surface area contributed by atoms with Gasteiger partial charge in [-0.25, -0.2) is 13.8 Å². The lowest BCUT2D eigenvalue weighted by atomic mass is 10.1. The molecule has 3 N–H and O–H groups in total. The van der Waals surface area contributed by atoms with Crippen molar-refractivity contribution in [3.8, 4) is 0 Å². The Bertz CT molecular complexity index is 615. The summed E-state index contributed by atoms with van der Waals surface area (Å²) in [5, 5.41) is 4.78. The Morgan fingerprint density at radius 1 is 1.40 bits per heavy atom. The number of thiazole rings is 1. The van der Waals surface area contributed by atoms with Crippen molar-refractivity contribution < 1.29 is 13.6 Å². The fourth-order valence-corrected chi connectivity index (χ4v) is 2.35. The quantitative estimate of drug-likeness (QED) is 0.890. The molecule has 1 aromatic carbocycles. The zero-order chi connectivity index (χ0) is 14.5. The van der Waals surface area contributed by atoms with E-state index in [0.717, 1.165) is 6.07 Å². The van der Waals surface area contributed by atoms with Crippen LogP contribution in [-0.2, 0) is 11.2 Å². The minimum absolute atomic E-state index is 0.207. The maximum Gasteiger partial charge on any atom is 0.227 e. The molecule has 4 nitrogen and oxygen atoms in total. The first-order valence-electron chi connectivity index (χ1n) is 5.96. The predicted molar refractivity (Wildman–Crippen MR) is 73.6 cm³/mol. The highest BCUT2D eigenvalue weighted by molar-refractivity contribution is 7.13. The maximum absolute atomic E-state index is 13.5. The van der Waals surface area contributed by atoms with E-state index in [2.05, 4.69) is 10.3 Å². The molecular formula is C13H13F2N3OS. The average Bonchev–Trinajstić information content (AvgIpc) is 2.80. The van der Waals surface area contributed by atoms with Gasteiger partial charge in [0.15, 0.2) is 5.13 Å². The van der Waals surface area contributed by atoms with Crippen molar-refractivity contribution in [1.29, 1.82) is 0 Å². The van der Waals surface area contributed by atoms with Gasteiger partial charge < -0.3 is 11.1 Å². The first kappa shape index (κ1) is 14.5. The predicted octanol–water partition coefficient (Wildman–Crippen LogP) is 2.30. The van der Waals surface area contributed by atoms with Gasteiger partial charge in [-0.3, -0.25) is 4.79 Å². The van der Waals surface area contributed by atoms with Gasteiger partial charge in [-0.05, 0) is 11.6 Å². The van der Waals surface area contributed by atoms with Crippen LogP contribution in [0.25, 0.3) is 0 Å². The summed E-state index contributed by atoms with van der Waals surface area (Å²) in [6.45, 7) is 0.269. The molecule has 1 aromatic heterocycles. The number of nitrogens with one attached hydrogen (secondary N) is 1. The topological polar surface area (TPSA) is 68.0 Å². The molecule has 106 valence electrons. The Hall–Kier alpha value is -1.86. The van der Waals surface area contributed by atoms with E-state index in [4.69, 9.17) is 5.73 Å². The highest BCUT2D eigenvalue weighted by Gasteiger charge is 2.09. The van der Waals surface area contributed by atoms with Crippen LogP contribution in [0.5, 0.6) is 0 Å². The molecule has 0 aliphatic carbocycles. The van der Waals surface area contributed by atoms with Gasteiger partial charge in [0.25, 0.3) is 0 Å². The first-order valence-corrected chi connectivity index (χ1v) is 6.84. The van der Waals surface area contributed by atoms with Crippen molar-refractivity contribution in [2.24, 2.45) is 5.73 Å². The van der Waals surface area contributed by atoms with Crippen LogP contribution in [0.3, 0.4) is 0 Å². The van der Waals surface area contributed by atoms with E-state index in [1.54, 1.807) is 5.38 Å². The number of halogens is 2. The zero-order valence-corrected chi connectivity index (χ0v) is 11.3. The fraction of sp³-hybridized carbons (Fsp3) is 0.231. The van der Waals surface area contributed by atoms with Crippen LogP contribution in [0.15, 0.2) is 23.6 Å². The molecule has 0 saturated carbocycles. The Morgan fingerprint density at radius 3 is 2.90 bits per heavy atom. The summed E-state index contributed by atoms with van der Waals surface area (Å²) < 4.78 is 26.3. The molecule has 1 heterocycles. The average molecular weight is 297 g/mol. The zero-order valence-electron chi connectivity index (χ0n) is 10.5. The van der Waals surface area contributed by atoms with Gasteiger partial charge in [-0.2, -0.15) is 0 Å². The summed E-state index contributed by atoms with van der Waals surface area (Å²) in [4.78, 5) is 15.5. The highest BCUT2D eigenvalue weighted by atomic mass is 32.1. The Labute approximate surface area is 118 Å². The first-order chi connectivity index (χ1) is 9.58. The molecule has 0 radical (unpaired) electrons. The molecular weight excluding hydrogens is 284 g/mol. The standard InChI is InChI=1S/C13H13F2N3OS/c14-9-2-1-8(11(15)6-9)5-10-7-20-13(17-10)18-12(19)3-4-16/h1-2,6-7H,3-5,16H2,(H,17,18,19). The Balaban J connectivity index is 2.04. The molecule has 0 spiro atoms. The minimum Gasteiger partial charge on any atom is -0.330 e. The van der Waals surface area contributed by atoms with E-state index < -0.39 is 11.6 Å². The minimum atomic E-state index is -0.612. The second-order valence-corrected chi connectivity index (χ2v) is 5.00. The highest BCUT2D eigenvalue weighted by Crippen LogP contribution is 2.20. The molecule has 0 fully saturated rings. The number of hydrogen-bond donors (Lipinski definition) is 2. The third-order valence-electron chi connectivity index (χ3n) is 2.56. The largest absolute Gasteiger partial charge is 0.330 e. The van der Waals surface area contributed by atoms with E-state index in [-0.39, 0.29) is 25.3 Å². The summed E-state index contributed by atoms with van der Waals surface area (Å²) in [6, 6.07) is 3.43. The van der Waals surface area contributed by atoms with E-state index in [9.17, 15) is 13.6 Å². The SMILES string of the molecule is NCCC(=O)Nc1nc(Cc2ccc(F)cc2F)cs1. The van der Waals surface area contributed by atoms with Crippen LogP contribution < -0.4 is 11.1 Å². The van der Waals surface area contributed by atoms with Crippen LogP contribution in [0, 0.1) is 11.6 Å². The number of nitrogens with zero attached hydrogens (tertiary/aromatic N) is 1. The summed E-state index contributed by atoms with van der Waals surface area (Å²) in [5.74, 6) is -1.42. The summed E-state index contributed by atoms with van der Waals surface area (Å²) >= 11 is 1.25. The third kappa shape index (κ3) is 3.82. The van der Waals surface area contributed by atoms with Gasteiger partial charge >= 0.3 is 0 Å². The van der Waals surface area contributed by atoms with Crippen LogP contribution in [0.2, 0.25) is 0 Å². The summed E-state index contributed by atoms with van der Waals surface area (Å²) in [6.07, 6.45) is 0.469. The number of aromatic nitrogens is 1. The normalized spacial score (nSPS) is 10.6. The van der Waals surface area contributed by atoms with Crippen molar-refractivity contribution in [3.63, 3.8) is 0 Å². The second-order valence-electron chi connectivity index (χ2n) is 4.14. The van der Waals surface area contributed by atoms with Gasteiger partial charge in [0.2, 0.25) is 5.91 Å². The van der Waals surface area contributed by atoms with Gasteiger partial charge in [0.1, 0.15) is 11.6 Å². The van der Waals surface area contributed by atoms with Gasteiger partial charge in [0, 0.05) is 30.8 Å². The molecule has 0 bridgehead atoms. The third-order valence-corrected chi connectivity index (χ3v) is 3.36. The molecule has 7 heteroatoms. The lowest BCUT2D eigenvalue weighted by Gasteiger charge is -2.01. The van der Waals surface area contributed by atoms with E-state index >= 15 is 0 Å². The molecule has 0 aliphatic rings. The molecule has 0 saturated heterocycles. The number of nitrogens with two attached hydrogens (primary N) is 1. The van der Waals surface area contributed by atoms with Gasteiger partial charge in [0.05, 0.1) is 5.69 Å². The van der Waals surface area contributed by atoms with Crippen molar-refractivity contribution in [3.05, 3.63) is 46.5 Å². The smallest absolute Gasteiger partial charge is 0.227 e. The molecule has 0 unspecified atom stereocenters. The molecule has 20 heavy (non-hydrogen) atoms. The monoisotopic (exact) mass is 297 g/mol. The van der Waals surface area contributed by atoms with Crippen LogP contribution in [0.1, 0.15) is 17.7 Å². The lowest BCUT2D eigenvalue weighted by Crippen LogP contribution is -2.16. The van der Waals surface area contributed by atoms with Crippen LogP contribution in [-0.4, -0.2) is 17.4 Å². The number of anilines is 1. The Kier molecular flexibility index (Phi) is 4.75. The van der Waals surface area contributed by atoms with Crippen molar-refractivity contribution in [2.45, 2.75) is 12.8 Å². The van der Waals surface area contributed by atoms with Crippen LogP contribution >= 0.6 is 11.3 Å². The molecule has 2 aromatic rings. The summed E-state index contributed by atoms with van der Waals surface area (Å²) in [7, 11) is 0. The molecule has 0 atom stereocenters. The number of amides is 1. The Morgan fingerprint density at radius 2 is 2.20 bits per heavy atom. The number of carbonyl (C=O) groups is 1. The number of hydrogen-bond acceptors (Lipinski definition) is 4. The van der Waals surface area contributed by atoms with Gasteiger partial charge in [-0.1, -0.05) is 6.07 Å². The lowest BCUT2D eigenvalue weighted by molar-refractivity contribution is -0.116. The molecule has 2 rings (SSSR count). The van der Waals surface area contributed by atoms with Crippen molar-refractivity contribution in [2.75, 3.05) is 11.9 Å². The number of benzene rings is 1. The van der Waals surface area contributed by atoms with E-state index in [0.29, 0.717) is 16.4 Å². The number of carbonyl (C=O) groups excluding carboxylic acids is 1. The molecule has 1 amide bonds. The van der Waals surface area contributed by atoms with Crippen LogP contribution in [0.4, 0.5) is 13.9 Å². The summed E-state index contributed by atoms with van der Waals surface area (Å²) in [5.41, 5.74) is 6.24. The number of rotatable bonds is 5. The van der Waals surface area contributed by atoms with E-state index in [1.165, 1.54) is 23.5 Å². The van der Waals surface area contributed by atoms with Crippen molar-refractivity contribution in [1.82, 2.24) is 4.98 Å². The van der Waals surface area contributed by atoms with Gasteiger partial charge in [-0.15, -0.1) is 11.3 Å². The molecule has 0 aliphatic heterocycles. The maximum atomic E-state index is 13.5. The van der Waals surface area contributed by atoms with Crippen molar-refractivity contribution >= 4 is 22.4 Å². The fourth-order valence-electron chi connectivity index (χ4n) is 1.62.